The van der Waals surface area contributed by atoms with Gasteiger partial charge in [0.15, 0.2) is 0 Å². The molecule has 5 rings (SSSR count). The number of aromatic nitrogens is 1. The van der Waals surface area contributed by atoms with Gasteiger partial charge in [0.25, 0.3) is 0 Å². The molecule has 0 spiro atoms. The smallest absolute Gasteiger partial charge is 0.308 e. The molecule has 4 heteroatoms. The van der Waals surface area contributed by atoms with Crippen molar-refractivity contribution >= 4 is 16.9 Å². The van der Waals surface area contributed by atoms with E-state index in [0.717, 1.165) is 32.2 Å². The summed E-state index contributed by atoms with van der Waals surface area (Å²) in [4.78, 5) is 15.1. The van der Waals surface area contributed by atoms with Gasteiger partial charge >= 0.3 is 5.97 Å². The van der Waals surface area contributed by atoms with E-state index >= 15 is 0 Å². The van der Waals surface area contributed by atoms with Crippen molar-refractivity contribution in [3.63, 3.8) is 0 Å². The normalized spacial score (nSPS) is 27.4. The molecule has 0 N–H and O–H groups in total. The Bertz CT molecular complexity index is 925. The summed E-state index contributed by atoms with van der Waals surface area (Å²) < 4.78 is 8.30. The summed E-state index contributed by atoms with van der Waals surface area (Å²) in [6.45, 7) is 6.14. The predicted octanol–water partition coefficient (Wildman–Crippen LogP) is 5.31. The van der Waals surface area contributed by atoms with E-state index in [1.54, 1.807) is 0 Å². The number of esters is 1. The molecular formula is C26H36N2O2. The molecule has 2 aliphatic carbocycles. The van der Waals surface area contributed by atoms with Gasteiger partial charge in [-0.15, -0.1) is 0 Å². The van der Waals surface area contributed by atoms with Gasteiger partial charge < -0.3 is 14.2 Å². The number of nitrogens with zero attached hydrogens (tertiary/aromatic N) is 2. The molecule has 4 nitrogen and oxygen atoms in total. The standard InChI is InChI=1S/C26H36N2O2/c1-17(2)28-15-20-13-24-22(21-10-7-11-23(28)25(20)21)12-18(14-27(24)3)16-30-26(29)19-8-5-4-6-9-19/h7,10-11,15,17-19,22,24H,4-6,8-9,12-14,16H2,1-3H3/t18-,22-,24-/m1/s1. The first-order chi connectivity index (χ1) is 14.5. The van der Waals surface area contributed by atoms with Crippen molar-refractivity contribution in [3.8, 4) is 0 Å². The highest BCUT2D eigenvalue weighted by molar-refractivity contribution is 5.89. The summed E-state index contributed by atoms with van der Waals surface area (Å²) >= 11 is 0. The molecule has 0 radical (unpaired) electrons. The third-order valence-corrected chi connectivity index (χ3v) is 7.92. The number of carbonyl (C=O) groups is 1. The lowest BCUT2D eigenvalue weighted by Gasteiger charge is -2.45. The van der Waals surface area contributed by atoms with Gasteiger partial charge in [-0.1, -0.05) is 31.4 Å². The average molecular weight is 409 g/mol. The summed E-state index contributed by atoms with van der Waals surface area (Å²) in [6.07, 6.45) is 10.3. The Kier molecular flexibility index (Phi) is 5.38. The van der Waals surface area contributed by atoms with Crippen LogP contribution in [-0.2, 0) is 16.0 Å². The Labute approximate surface area is 180 Å². The van der Waals surface area contributed by atoms with Crippen LogP contribution in [0.25, 0.3) is 10.9 Å². The Balaban J connectivity index is 1.35. The van der Waals surface area contributed by atoms with Crippen LogP contribution in [0.1, 0.15) is 75.5 Å². The molecule has 3 atom stereocenters. The van der Waals surface area contributed by atoms with Crippen LogP contribution in [0.5, 0.6) is 0 Å². The molecule has 0 unspecified atom stereocenters. The highest BCUT2D eigenvalue weighted by Crippen LogP contribution is 2.45. The predicted molar refractivity (Wildman–Crippen MR) is 121 cm³/mol. The van der Waals surface area contributed by atoms with Crippen molar-refractivity contribution in [1.29, 1.82) is 0 Å². The zero-order valence-corrected chi connectivity index (χ0v) is 18.8. The molecule has 0 amide bonds. The van der Waals surface area contributed by atoms with E-state index in [9.17, 15) is 4.79 Å². The fourth-order valence-corrected chi connectivity index (χ4v) is 6.39. The largest absolute Gasteiger partial charge is 0.465 e. The van der Waals surface area contributed by atoms with E-state index in [4.69, 9.17) is 4.74 Å². The molecule has 2 fully saturated rings. The fourth-order valence-electron chi connectivity index (χ4n) is 6.39. The SMILES string of the molecule is CC(C)n1cc2c3c(cccc31)[C@H]1C[C@@H](COC(=O)C3CCCCC3)CN(C)[C@@H]1C2. The third-order valence-electron chi connectivity index (χ3n) is 7.92. The lowest BCUT2D eigenvalue weighted by atomic mass is 9.72. The van der Waals surface area contributed by atoms with Crippen LogP contribution in [-0.4, -0.2) is 41.7 Å². The van der Waals surface area contributed by atoms with Crippen molar-refractivity contribution in [2.45, 2.75) is 76.8 Å². The molecule has 0 bridgehead atoms. The third kappa shape index (κ3) is 3.47. The van der Waals surface area contributed by atoms with Gasteiger partial charge in [-0.3, -0.25) is 4.79 Å². The van der Waals surface area contributed by atoms with Gasteiger partial charge in [-0.05, 0) is 63.8 Å². The quantitative estimate of drug-likeness (QED) is 0.643. The highest BCUT2D eigenvalue weighted by Gasteiger charge is 2.40. The first-order valence-corrected chi connectivity index (χ1v) is 12.0. The molecule has 2 aromatic rings. The number of hydrogen-bond acceptors (Lipinski definition) is 3. The molecule has 3 aliphatic rings. The fraction of sp³-hybridized carbons (Fsp3) is 0.654. The average Bonchev–Trinajstić information content (AvgIpc) is 3.14. The highest BCUT2D eigenvalue weighted by atomic mass is 16.5. The van der Waals surface area contributed by atoms with Crippen molar-refractivity contribution in [2.24, 2.45) is 11.8 Å². The van der Waals surface area contributed by atoms with Crippen LogP contribution < -0.4 is 0 Å². The van der Waals surface area contributed by atoms with Crippen LogP contribution in [0.4, 0.5) is 0 Å². The Morgan fingerprint density at radius 1 is 1.20 bits per heavy atom. The number of hydrogen-bond donors (Lipinski definition) is 0. The lowest BCUT2D eigenvalue weighted by Crippen LogP contribution is -2.48. The second-order valence-corrected chi connectivity index (χ2v) is 10.3. The summed E-state index contributed by atoms with van der Waals surface area (Å²) in [6, 6.07) is 7.88. The van der Waals surface area contributed by atoms with Crippen molar-refractivity contribution < 1.29 is 9.53 Å². The Morgan fingerprint density at radius 3 is 2.77 bits per heavy atom. The van der Waals surface area contributed by atoms with Crippen LogP contribution in [0.2, 0.25) is 0 Å². The number of ether oxygens (including phenoxy) is 1. The van der Waals surface area contributed by atoms with Crippen LogP contribution >= 0.6 is 0 Å². The van der Waals surface area contributed by atoms with Gasteiger partial charge in [0.2, 0.25) is 0 Å². The zero-order chi connectivity index (χ0) is 20.8. The molecule has 1 saturated heterocycles. The minimum atomic E-state index is 0.0570. The molecule has 1 saturated carbocycles. The minimum absolute atomic E-state index is 0.0570. The topological polar surface area (TPSA) is 34.5 Å². The number of carbonyl (C=O) groups excluding carboxylic acids is 1. The Hall–Kier alpha value is -1.81. The van der Waals surface area contributed by atoms with Crippen LogP contribution in [0, 0.1) is 11.8 Å². The van der Waals surface area contributed by atoms with Gasteiger partial charge in [-0.25, -0.2) is 0 Å². The zero-order valence-electron chi connectivity index (χ0n) is 18.8. The second kappa shape index (κ2) is 8.03. The molecule has 1 aromatic carbocycles. The molecule has 2 heterocycles. The summed E-state index contributed by atoms with van der Waals surface area (Å²) in [5, 5.41) is 1.49. The van der Waals surface area contributed by atoms with E-state index in [-0.39, 0.29) is 11.9 Å². The van der Waals surface area contributed by atoms with E-state index in [1.165, 1.54) is 41.3 Å². The van der Waals surface area contributed by atoms with E-state index < -0.39 is 0 Å². The molecule has 1 aromatic heterocycles. The number of piperidine rings is 1. The van der Waals surface area contributed by atoms with E-state index in [1.807, 2.05) is 0 Å². The number of fused-ring (bicyclic) bond motifs is 2. The maximum Gasteiger partial charge on any atom is 0.308 e. The number of benzene rings is 1. The van der Waals surface area contributed by atoms with E-state index in [2.05, 4.69) is 54.8 Å². The molecule has 30 heavy (non-hydrogen) atoms. The molecular weight excluding hydrogens is 372 g/mol. The summed E-state index contributed by atoms with van der Waals surface area (Å²) in [7, 11) is 2.26. The monoisotopic (exact) mass is 408 g/mol. The molecule has 162 valence electrons. The first-order valence-electron chi connectivity index (χ1n) is 12.0. The van der Waals surface area contributed by atoms with Gasteiger partial charge in [0, 0.05) is 47.6 Å². The van der Waals surface area contributed by atoms with Gasteiger partial charge in [0.05, 0.1) is 12.5 Å². The van der Waals surface area contributed by atoms with E-state index in [0.29, 0.717) is 30.5 Å². The van der Waals surface area contributed by atoms with Crippen LogP contribution in [0.3, 0.4) is 0 Å². The second-order valence-electron chi connectivity index (χ2n) is 10.3. The van der Waals surface area contributed by atoms with Gasteiger partial charge in [-0.2, -0.15) is 0 Å². The van der Waals surface area contributed by atoms with Crippen molar-refractivity contribution in [2.75, 3.05) is 20.2 Å². The maximum atomic E-state index is 12.6. The Morgan fingerprint density at radius 2 is 2.00 bits per heavy atom. The summed E-state index contributed by atoms with van der Waals surface area (Å²) in [5.41, 5.74) is 4.39. The number of likely N-dealkylation sites (tertiary alicyclic amines) is 1. The maximum absolute atomic E-state index is 12.6. The van der Waals surface area contributed by atoms with Crippen LogP contribution in [0.15, 0.2) is 24.4 Å². The van der Waals surface area contributed by atoms with Crippen molar-refractivity contribution in [1.82, 2.24) is 9.47 Å². The molecule has 1 aliphatic heterocycles. The first kappa shape index (κ1) is 20.1. The minimum Gasteiger partial charge on any atom is -0.465 e. The lowest BCUT2D eigenvalue weighted by molar-refractivity contribution is -0.151. The number of rotatable bonds is 4. The summed E-state index contributed by atoms with van der Waals surface area (Å²) in [5.74, 6) is 1.16. The van der Waals surface area contributed by atoms with Crippen molar-refractivity contribution in [3.05, 3.63) is 35.5 Å². The number of likely N-dealkylation sites (N-methyl/N-ethyl adjacent to an activating group) is 1. The van der Waals surface area contributed by atoms with Gasteiger partial charge in [0.1, 0.15) is 0 Å².